The van der Waals surface area contributed by atoms with Crippen molar-refractivity contribution in [2.45, 2.75) is 38.4 Å². The molecule has 2 aromatic rings. The van der Waals surface area contributed by atoms with Crippen molar-refractivity contribution in [1.29, 1.82) is 0 Å². The summed E-state index contributed by atoms with van der Waals surface area (Å²) in [5.74, 6) is -4.41. The lowest BCUT2D eigenvalue weighted by molar-refractivity contribution is -0.131. The molecule has 1 aromatic carbocycles. The Balaban J connectivity index is 1.97. The number of nitrogens with one attached hydrogen (secondary N) is 1. The number of hydrogen-bond acceptors (Lipinski definition) is 6. The van der Waals surface area contributed by atoms with Gasteiger partial charge in [-0.2, -0.15) is 4.39 Å². The van der Waals surface area contributed by atoms with Crippen molar-refractivity contribution in [2.75, 3.05) is 19.5 Å². The Morgan fingerprint density at radius 2 is 1.90 bits per heavy atom. The summed E-state index contributed by atoms with van der Waals surface area (Å²) in [6.07, 6.45) is 0.346. The first-order valence-corrected chi connectivity index (χ1v) is 9.65. The van der Waals surface area contributed by atoms with Crippen LogP contribution in [0.2, 0.25) is 0 Å². The first-order chi connectivity index (χ1) is 14.6. The Bertz CT molecular complexity index is 1010. The van der Waals surface area contributed by atoms with Gasteiger partial charge in [0.1, 0.15) is 11.8 Å². The zero-order valence-electron chi connectivity index (χ0n) is 17.9. The molecule has 31 heavy (non-hydrogen) atoms. The van der Waals surface area contributed by atoms with E-state index in [0.717, 1.165) is 6.07 Å². The number of ether oxygens (including phenoxy) is 3. The predicted molar refractivity (Wildman–Crippen MR) is 108 cm³/mol. The van der Waals surface area contributed by atoms with Crippen LogP contribution in [0.4, 0.5) is 14.5 Å². The average Bonchev–Trinajstić information content (AvgIpc) is 2.99. The molecule has 0 spiro atoms. The Kier molecular flexibility index (Phi) is 6.26. The molecular weight excluding hydrogens is 410 g/mol. The van der Waals surface area contributed by atoms with Crippen molar-refractivity contribution < 1.29 is 32.6 Å². The van der Waals surface area contributed by atoms with Crippen LogP contribution >= 0.6 is 0 Å². The van der Waals surface area contributed by atoms with Crippen molar-refractivity contribution in [3.8, 4) is 5.75 Å². The minimum Gasteiger partial charge on any atom is -0.493 e. The van der Waals surface area contributed by atoms with Crippen LogP contribution in [0.25, 0.3) is 0 Å². The normalized spacial score (nSPS) is 22.1. The number of rotatable bonds is 5. The summed E-state index contributed by atoms with van der Waals surface area (Å²) in [6.45, 7) is 5.53. The number of aromatic nitrogens is 1. The van der Waals surface area contributed by atoms with Gasteiger partial charge in [-0.25, -0.2) is 14.2 Å². The van der Waals surface area contributed by atoms with Crippen molar-refractivity contribution in [1.82, 2.24) is 4.98 Å². The van der Waals surface area contributed by atoms with Gasteiger partial charge in [0.2, 0.25) is 5.82 Å². The Morgan fingerprint density at radius 3 is 2.55 bits per heavy atom. The number of hydrogen-bond donors (Lipinski definition) is 1. The molecule has 3 atom stereocenters. The van der Waals surface area contributed by atoms with Crippen LogP contribution in [0.15, 0.2) is 30.5 Å². The second kappa shape index (κ2) is 8.58. The van der Waals surface area contributed by atoms with Gasteiger partial charge in [-0.05, 0) is 38.0 Å². The summed E-state index contributed by atoms with van der Waals surface area (Å²) in [7, 11) is 2.47. The van der Waals surface area contributed by atoms with E-state index in [2.05, 4.69) is 15.0 Å². The smallest absolute Gasteiger partial charge is 0.356 e. The maximum atomic E-state index is 14.4. The summed E-state index contributed by atoms with van der Waals surface area (Å²) < 4.78 is 43.9. The maximum Gasteiger partial charge on any atom is 0.356 e. The molecular formula is C22H24F2N2O5. The standard InChI is InChI=1S/C22H24F2N2O5/c1-11-16(13-6-7-14(23)17(24)18(13)29-4)19(31-22(11,2)3)20(27)26-12-8-9-25-15(10-12)21(28)30-5/h6-11,16,19H,1-5H3,(H,25,26,27). The van der Waals surface area contributed by atoms with Gasteiger partial charge in [0.15, 0.2) is 11.6 Å². The molecule has 1 N–H and O–H groups in total. The predicted octanol–water partition coefficient (Wildman–Crippen LogP) is 3.69. The van der Waals surface area contributed by atoms with Gasteiger partial charge in [-0.1, -0.05) is 13.0 Å². The van der Waals surface area contributed by atoms with E-state index in [9.17, 15) is 18.4 Å². The minimum absolute atomic E-state index is 0.0279. The minimum atomic E-state index is -1.12. The first-order valence-electron chi connectivity index (χ1n) is 9.65. The van der Waals surface area contributed by atoms with Crippen molar-refractivity contribution >= 4 is 17.6 Å². The molecule has 3 rings (SSSR count). The number of amides is 1. The highest BCUT2D eigenvalue weighted by Crippen LogP contribution is 2.49. The molecule has 166 valence electrons. The zero-order valence-corrected chi connectivity index (χ0v) is 17.9. The number of esters is 1. The number of halogens is 2. The zero-order chi connectivity index (χ0) is 22.9. The first kappa shape index (κ1) is 22.6. The average molecular weight is 434 g/mol. The van der Waals surface area contributed by atoms with Crippen LogP contribution in [0.5, 0.6) is 5.75 Å². The summed E-state index contributed by atoms with van der Waals surface area (Å²) in [4.78, 5) is 28.8. The van der Waals surface area contributed by atoms with Gasteiger partial charge in [0.05, 0.1) is 19.8 Å². The fourth-order valence-electron chi connectivity index (χ4n) is 3.81. The molecule has 9 heteroatoms. The van der Waals surface area contributed by atoms with Crippen LogP contribution in [-0.2, 0) is 14.3 Å². The van der Waals surface area contributed by atoms with Gasteiger partial charge in [0.25, 0.3) is 5.91 Å². The second-order valence-electron chi connectivity index (χ2n) is 7.85. The summed E-state index contributed by atoms with van der Waals surface area (Å²) in [5.41, 5.74) is -0.0417. The third-order valence-electron chi connectivity index (χ3n) is 5.72. The fraction of sp³-hybridized carbons (Fsp3) is 0.409. The van der Waals surface area contributed by atoms with Crippen LogP contribution < -0.4 is 10.1 Å². The Morgan fingerprint density at radius 1 is 1.19 bits per heavy atom. The topological polar surface area (TPSA) is 86.8 Å². The molecule has 2 heterocycles. The summed E-state index contributed by atoms with van der Waals surface area (Å²) in [6, 6.07) is 5.30. The van der Waals surface area contributed by atoms with Crippen molar-refractivity contribution in [3.05, 3.63) is 53.4 Å². The Labute approximate surface area is 178 Å². The lowest BCUT2D eigenvalue weighted by atomic mass is 9.78. The van der Waals surface area contributed by atoms with Crippen LogP contribution in [0.3, 0.4) is 0 Å². The highest BCUT2D eigenvalue weighted by molar-refractivity contribution is 5.96. The monoisotopic (exact) mass is 434 g/mol. The SMILES string of the molecule is COC(=O)c1cc(NC(=O)C2OC(C)(C)C(C)C2c2ccc(F)c(F)c2OC)ccn1. The molecule has 3 unspecified atom stereocenters. The van der Waals surface area contributed by atoms with Gasteiger partial charge < -0.3 is 19.5 Å². The molecule has 0 bridgehead atoms. The number of nitrogens with zero attached hydrogens (tertiary/aromatic N) is 1. The van der Waals surface area contributed by atoms with E-state index in [1.54, 1.807) is 0 Å². The van der Waals surface area contributed by atoms with E-state index in [1.165, 1.54) is 38.6 Å². The second-order valence-corrected chi connectivity index (χ2v) is 7.85. The number of carbonyl (C=O) groups is 2. The maximum absolute atomic E-state index is 14.4. The van der Waals surface area contributed by atoms with E-state index < -0.39 is 41.1 Å². The largest absolute Gasteiger partial charge is 0.493 e. The fourth-order valence-corrected chi connectivity index (χ4v) is 3.81. The lowest BCUT2D eigenvalue weighted by Crippen LogP contribution is -2.33. The third-order valence-corrected chi connectivity index (χ3v) is 5.72. The molecule has 1 fully saturated rings. The lowest BCUT2D eigenvalue weighted by Gasteiger charge is -2.25. The number of pyridine rings is 1. The molecule has 7 nitrogen and oxygen atoms in total. The molecule has 0 radical (unpaired) electrons. The van der Waals surface area contributed by atoms with E-state index >= 15 is 0 Å². The van der Waals surface area contributed by atoms with Gasteiger partial charge in [-0.3, -0.25) is 4.79 Å². The van der Waals surface area contributed by atoms with Crippen LogP contribution in [0, 0.1) is 17.6 Å². The number of anilines is 1. The van der Waals surface area contributed by atoms with Crippen LogP contribution in [-0.4, -0.2) is 42.8 Å². The van der Waals surface area contributed by atoms with E-state index in [0.29, 0.717) is 11.3 Å². The van der Waals surface area contributed by atoms with Crippen molar-refractivity contribution in [2.24, 2.45) is 5.92 Å². The molecule has 1 saturated heterocycles. The molecule has 1 amide bonds. The van der Waals surface area contributed by atoms with Crippen molar-refractivity contribution in [3.63, 3.8) is 0 Å². The van der Waals surface area contributed by atoms with E-state index in [-0.39, 0.29) is 17.4 Å². The molecule has 1 aromatic heterocycles. The summed E-state index contributed by atoms with van der Waals surface area (Å²) >= 11 is 0. The van der Waals surface area contributed by atoms with E-state index in [1.807, 2.05) is 20.8 Å². The molecule has 0 aliphatic carbocycles. The van der Waals surface area contributed by atoms with Gasteiger partial charge in [0, 0.05) is 23.4 Å². The molecule has 1 aliphatic heterocycles. The quantitative estimate of drug-likeness (QED) is 0.723. The highest BCUT2D eigenvalue weighted by atomic mass is 19.2. The third kappa shape index (κ3) is 4.23. The van der Waals surface area contributed by atoms with Crippen LogP contribution in [0.1, 0.15) is 42.7 Å². The number of methoxy groups -OCH3 is 2. The number of carbonyl (C=O) groups excluding carboxylic acids is 2. The van der Waals surface area contributed by atoms with Gasteiger partial charge >= 0.3 is 5.97 Å². The molecule has 0 saturated carbocycles. The summed E-state index contributed by atoms with van der Waals surface area (Å²) in [5, 5.41) is 2.70. The van der Waals surface area contributed by atoms with E-state index in [4.69, 9.17) is 9.47 Å². The Hall–Kier alpha value is -3.07. The highest BCUT2D eigenvalue weighted by Gasteiger charge is 2.51. The molecule has 1 aliphatic rings. The number of benzene rings is 1. The van der Waals surface area contributed by atoms with Gasteiger partial charge in [-0.15, -0.1) is 0 Å².